The van der Waals surface area contributed by atoms with Crippen LogP contribution in [0, 0.1) is 10.1 Å². The minimum absolute atomic E-state index is 0.0550. The maximum Gasteiger partial charge on any atom is 0.270 e. The van der Waals surface area contributed by atoms with Gasteiger partial charge in [-0.05, 0) is 6.92 Å². The highest BCUT2D eigenvalue weighted by molar-refractivity contribution is 5.61. The van der Waals surface area contributed by atoms with Crippen molar-refractivity contribution in [1.82, 2.24) is 9.97 Å². The van der Waals surface area contributed by atoms with Crippen LogP contribution in [0.5, 0.6) is 0 Å². The smallest absolute Gasteiger partial charge is 0.270 e. The molecule has 1 unspecified atom stereocenters. The van der Waals surface area contributed by atoms with Crippen LogP contribution >= 0.6 is 0 Å². The molecule has 17 heavy (non-hydrogen) atoms. The van der Waals surface area contributed by atoms with Gasteiger partial charge in [-0.1, -0.05) is 12.1 Å². The van der Waals surface area contributed by atoms with E-state index in [1.807, 2.05) is 6.92 Å². The van der Waals surface area contributed by atoms with Crippen molar-refractivity contribution in [1.29, 1.82) is 0 Å². The molecular formula is C11H12N4O2. The fourth-order valence-electron chi connectivity index (χ4n) is 1.50. The Bertz CT molecular complexity index is 548. The first-order valence-corrected chi connectivity index (χ1v) is 5.13. The molecule has 3 N–H and O–H groups in total. The number of benzene rings is 1. The second-order valence-electron chi connectivity index (χ2n) is 3.78. The Morgan fingerprint density at radius 3 is 2.88 bits per heavy atom. The predicted molar refractivity (Wildman–Crippen MR) is 63.3 cm³/mol. The normalized spacial score (nSPS) is 12.4. The quantitative estimate of drug-likeness (QED) is 0.624. The molecule has 1 aromatic carbocycles. The first-order chi connectivity index (χ1) is 8.08. The van der Waals surface area contributed by atoms with Crippen molar-refractivity contribution in [2.75, 3.05) is 0 Å². The Labute approximate surface area is 97.6 Å². The lowest BCUT2D eigenvalue weighted by Gasteiger charge is -2.00. The van der Waals surface area contributed by atoms with Crippen LogP contribution in [0.25, 0.3) is 11.3 Å². The highest BCUT2D eigenvalue weighted by Crippen LogP contribution is 2.22. The summed E-state index contributed by atoms with van der Waals surface area (Å²) in [7, 11) is 0. The molecule has 6 heteroatoms. The molecule has 0 aliphatic heterocycles. The zero-order valence-electron chi connectivity index (χ0n) is 9.25. The van der Waals surface area contributed by atoms with E-state index in [4.69, 9.17) is 5.73 Å². The number of imidazole rings is 1. The highest BCUT2D eigenvalue weighted by atomic mass is 16.6. The number of H-pyrrole nitrogens is 1. The minimum atomic E-state index is -0.424. The molecule has 6 nitrogen and oxygen atoms in total. The molecule has 0 aliphatic rings. The monoisotopic (exact) mass is 232 g/mol. The number of non-ortho nitro benzene ring substituents is 1. The Morgan fingerprint density at radius 1 is 1.53 bits per heavy atom. The van der Waals surface area contributed by atoms with E-state index in [-0.39, 0.29) is 11.7 Å². The van der Waals surface area contributed by atoms with E-state index < -0.39 is 4.92 Å². The number of rotatable bonds is 3. The van der Waals surface area contributed by atoms with Crippen molar-refractivity contribution in [2.24, 2.45) is 5.73 Å². The lowest BCUT2D eigenvalue weighted by atomic mass is 10.1. The van der Waals surface area contributed by atoms with E-state index >= 15 is 0 Å². The number of aromatic nitrogens is 2. The summed E-state index contributed by atoms with van der Waals surface area (Å²) in [6.45, 7) is 1.82. The zero-order chi connectivity index (χ0) is 12.4. The summed E-state index contributed by atoms with van der Waals surface area (Å²) in [6.07, 6.45) is 1.62. The Morgan fingerprint density at radius 2 is 2.29 bits per heavy atom. The molecule has 2 rings (SSSR count). The van der Waals surface area contributed by atoms with Gasteiger partial charge >= 0.3 is 0 Å². The van der Waals surface area contributed by atoms with Gasteiger partial charge in [-0.3, -0.25) is 10.1 Å². The third-order valence-electron chi connectivity index (χ3n) is 2.39. The van der Waals surface area contributed by atoms with E-state index in [0.717, 1.165) is 11.3 Å². The number of nitrogens with zero attached hydrogens (tertiary/aromatic N) is 2. The largest absolute Gasteiger partial charge is 0.341 e. The van der Waals surface area contributed by atoms with Crippen molar-refractivity contribution in [2.45, 2.75) is 13.0 Å². The first kappa shape index (κ1) is 11.3. The second kappa shape index (κ2) is 4.34. The van der Waals surface area contributed by atoms with Gasteiger partial charge in [0.05, 0.1) is 22.9 Å². The minimum Gasteiger partial charge on any atom is -0.341 e. The van der Waals surface area contributed by atoms with Gasteiger partial charge in [0, 0.05) is 17.7 Å². The molecule has 0 fully saturated rings. The fourth-order valence-corrected chi connectivity index (χ4v) is 1.50. The summed E-state index contributed by atoms with van der Waals surface area (Å²) in [4.78, 5) is 17.4. The molecule has 0 radical (unpaired) electrons. The van der Waals surface area contributed by atoms with Crippen molar-refractivity contribution >= 4 is 5.69 Å². The predicted octanol–water partition coefficient (Wildman–Crippen LogP) is 2.00. The molecule has 0 spiro atoms. The maximum absolute atomic E-state index is 10.7. The van der Waals surface area contributed by atoms with Crippen molar-refractivity contribution in [3.8, 4) is 11.3 Å². The summed E-state index contributed by atoms with van der Waals surface area (Å²) in [5.41, 5.74) is 7.18. The van der Waals surface area contributed by atoms with Crippen LogP contribution in [0.2, 0.25) is 0 Å². The lowest BCUT2D eigenvalue weighted by molar-refractivity contribution is -0.384. The fraction of sp³-hybridized carbons (Fsp3) is 0.182. The van der Waals surface area contributed by atoms with Crippen LogP contribution < -0.4 is 5.73 Å². The molecule has 2 aromatic rings. The van der Waals surface area contributed by atoms with Gasteiger partial charge in [-0.15, -0.1) is 0 Å². The third-order valence-corrected chi connectivity index (χ3v) is 2.39. The maximum atomic E-state index is 10.7. The van der Waals surface area contributed by atoms with Gasteiger partial charge in [0.2, 0.25) is 0 Å². The van der Waals surface area contributed by atoms with Gasteiger partial charge in [0.15, 0.2) is 0 Å². The second-order valence-corrected chi connectivity index (χ2v) is 3.78. The Hall–Kier alpha value is -2.21. The summed E-state index contributed by atoms with van der Waals surface area (Å²) in [5, 5.41) is 10.7. The van der Waals surface area contributed by atoms with Crippen molar-refractivity contribution in [3.63, 3.8) is 0 Å². The molecule has 0 amide bonds. The number of aromatic amines is 1. The van der Waals surface area contributed by atoms with E-state index in [9.17, 15) is 10.1 Å². The average molecular weight is 232 g/mol. The van der Waals surface area contributed by atoms with E-state index in [2.05, 4.69) is 9.97 Å². The van der Waals surface area contributed by atoms with Crippen LogP contribution in [-0.2, 0) is 0 Å². The topological polar surface area (TPSA) is 97.8 Å². The van der Waals surface area contributed by atoms with Crippen LogP contribution in [0.3, 0.4) is 0 Å². The first-order valence-electron chi connectivity index (χ1n) is 5.13. The molecule has 0 saturated carbocycles. The zero-order valence-corrected chi connectivity index (χ0v) is 9.25. The van der Waals surface area contributed by atoms with E-state index in [1.165, 1.54) is 12.1 Å². The van der Waals surface area contributed by atoms with E-state index in [0.29, 0.717) is 5.82 Å². The number of nitro groups is 1. The number of nitrogens with one attached hydrogen (secondary N) is 1. The van der Waals surface area contributed by atoms with Crippen LogP contribution in [-0.4, -0.2) is 14.9 Å². The van der Waals surface area contributed by atoms with Crippen molar-refractivity contribution < 1.29 is 4.92 Å². The molecule has 1 atom stereocenters. The molecule has 1 aromatic heterocycles. The summed E-state index contributed by atoms with van der Waals surface area (Å²) < 4.78 is 0. The van der Waals surface area contributed by atoms with Gasteiger partial charge in [0.25, 0.3) is 5.69 Å². The summed E-state index contributed by atoms with van der Waals surface area (Å²) in [5.74, 6) is 0.659. The molecular weight excluding hydrogens is 220 g/mol. The van der Waals surface area contributed by atoms with Crippen LogP contribution in [0.15, 0.2) is 30.5 Å². The highest BCUT2D eigenvalue weighted by Gasteiger charge is 2.10. The van der Waals surface area contributed by atoms with Crippen LogP contribution in [0.1, 0.15) is 18.8 Å². The molecule has 0 saturated heterocycles. The van der Waals surface area contributed by atoms with Gasteiger partial charge in [-0.2, -0.15) is 0 Å². The molecule has 88 valence electrons. The van der Waals surface area contributed by atoms with Gasteiger partial charge in [-0.25, -0.2) is 4.98 Å². The number of nitrogens with two attached hydrogens (primary N) is 1. The van der Waals surface area contributed by atoms with Gasteiger partial charge < -0.3 is 10.7 Å². The van der Waals surface area contributed by atoms with Crippen LogP contribution in [0.4, 0.5) is 5.69 Å². The molecule has 0 bridgehead atoms. The standard InChI is InChI=1S/C11H12N4O2/c1-7(12)11-13-6-10(14-11)8-3-2-4-9(5-8)15(16)17/h2-7H,12H2,1H3,(H,13,14). The summed E-state index contributed by atoms with van der Waals surface area (Å²) >= 11 is 0. The molecule has 1 heterocycles. The Kier molecular flexibility index (Phi) is 2.88. The Balaban J connectivity index is 2.38. The number of nitro benzene ring substituents is 1. The lowest BCUT2D eigenvalue weighted by Crippen LogP contribution is -2.06. The molecule has 0 aliphatic carbocycles. The average Bonchev–Trinajstić information content (AvgIpc) is 2.78. The number of hydrogen-bond donors (Lipinski definition) is 2. The SMILES string of the molecule is CC(N)c1ncc(-c2cccc([N+](=O)[O-])c2)[nH]1. The third kappa shape index (κ3) is 2.31. The van der Waals surface area contributed by atoms with Crippen molar-refractivity contribution in [3.05, 3.63) is 46.4 Å². The summed E-state index contributed by atoms with van der Waals surface area (Å²) in [6, 6.07) is 6.18. The number of hydrogen-bond acceptors (Lipinski definition) is 4. The van der Waals surface area contributed by atoms with E-state index in [1.54, 1.807) is 18.3 Å². The van der Waals surface area contributed by atoms with Gasteiger partial charge in [0.1, 0.15) is 5.82 Å².